The van der Waals surface area contributed by atoms with E-state index in [-0.39, 0.29) is 12.0 Å². The van der Waals surface area contributed by atoms with Crippen LogP contribution in [0, 0.1) is 0 Å². The van der Waals surface area contributed by atoms with Gasteiger partial charge in [0.15, 0.2) is 5.82 Å². The van der Waals surface area contributed by atoms with E-state index in [1.54, 1.807) is 0 Å². The summed E-state index contributed by atoms with van der Waals surface area (Å²) >= 11 is 0. The van der Waals surface area contributed by atoms with Crippen molar-refractivity contribution >= 4 is 0 Å². The maximum absolute atomic E-state index is 5.82. The van der Waals surface area contributed by atoms with Crippen molar-refractivity contribution in [3.05, 3.63) is 29.6 Å². The van der Waals surface area contributed by atoms with Crippen LogP contribution in [0.2, 0.25) is 0 Å². The van der Waals surface area contributed by atoms with Crippen LogP contribution in [-0.2, 0) is 6.54 Å². The summed E-state index contributed by atoms with van der Waals surface area (Å²) in [5, 5.41) is 4.17. The molecule has 3 rings (SSSR count). The number of hydrogen-bond donors (Lipinski definition) is 0. The Hall–Kier alpha value is -1.69. The predicted octanol–water partition coefficient (Wildman–Crippen LogP) is 3.64. The quantitative estimate of drug-likeness (QED) is 0.840. The molecule has 0 bridgehead atoms. The first-order chi connectivity index (χ1) is 10.5. The molecule has 1 aliphatic heterocycles. The van der Waals surface area contributed by atoms with Gasteiger partial charge in [-0.25, -0.2) is 4.98 Å². The van der Waals surface area contributed by atoms with Crippen molar-refractivity contribution in [3.8, 4) is 0 Å². The highest BCUT2D eigenvalue weighted by atomic mass is 16.5. The second-order valence-corrected chi connectivity index (χ2v) is 6.59. The molecule has 1 atom stereocenters. The van der Waals surface area contributed by atoms with E-state index >= 15 is 0 Å². The highest BCUT2D eigenvalue weighted by Gasteiger charge is 2.31. The average Bonchev–Trinajstić information content (AvgIpc) is 3.18. The van der Waals surface area contributed by atoms with Crippen LogP contribution in [-0.4, -0.2) is 26.6 Å². The molecule has 0 aliphatic carbocycles. The van der Waals surface area contributed by atoms with Crippen molar-refractivity contribution < 1.29 is 8.94 Å². The maximum atomic E-state index is 5.82. The molecule has 1 fully saturated rings. The van der Waals surface area contributed by atoms with Gasteiger partial charge in [-0.1, -0.05) is 32.9 Å². The van der Waals surface area contributed by atoms with Crippen LogP contribution in [0.1, 0.15) is 81.8 Å². The van der Waals surface area contributed by atoms with E-state index < -0.39 is 0 Å². The lowest BCUT2D eigenvalue weighted by molar-refractivity contribution is 0.209. The van der Waals surface area contributed by atoms with Crippen molar-refractivity contribution in [3.63, 3.8) is 0 Å². The van der Waals surface area contributed by atoms with E-state index in [1.807, 2.05) is 6.20 Å². The van der Waals surface area contributed by atoms with Crippen LogP contribution in [0.25, 0.3) is 0 Å². The molecule has 3 heterocycles. The van der Waals surface area contributed by atoms with E-state index in [4.69, 9.17) is 8.94 Å². The minimum atomic E-state index is 0.200. The van der Waals surface area contributed by atoms with Gasteiger partial charge in [-0.15, -0.1) is 0 Å². The zero-order valence-electron chi connectivity index (χ0n) is 13.7. The van der Waals surface area contributed by atoms with Crippen LogP contribution in [0.3, 0.4) is 0 Å². The molecule has 1 saturated heterocycles. The van der Waals surface area contributed by atoms with Crippen molar-refractivity contribution in [1.29, 1.82) is 0 Å². The van der Waals surface area contributed by atoms with Crippen molar-refractivity contribution in [2.45, 2.75) is 65.0 Å². The molecule has 0 radical (unpaired) electrons. The third-order valence-corrected chi connectivity index (χ3v) is 4.09. The molecule has 22 heavy (non-hydrogen) atoms. The first kappa shape index (κ1) is 15.2. The smallest absolute Gasteiger partial charge is 0.229 e. The molecule has 6 heteroatoms. The lowest BCUT2D eigenvalue weighted by Crippen LogP contribution is -2.23. The van der Waals surface area contributed by atoms with E-state index in [1.165, 1.54) is 0 Å². The van der Waals surface area contributed by atoms with E-state index in [0.29, 0.717) is 18.4 Å². The van der Waals surface area contributed by atoms with Gasteiger partial charge in [-0.3, -0.25) is 4.90 Å². The topological polar surface area (TPSA) is 68.2 Å². The average molecular weight is 304 g/mol. The zero-order chi connectivity index (χ0) is 15.7. The Kier molecular flexibility index (Phi) is 4.29. The van der Waals surface area contributed by atoms with Gasteiger partial charge in [-0.2, -0.15) is 4.98 Å². The van der Waals surface area contributed by atoms with Gasteiger partial charge in [0, 0.05) is 11.8 Å². The van der Waals surface area contributed by atoms with Crippen molar-refractivity contribution in [1.82, 2.24) is 20.0 Å². The summed E-state index contributed by atoms with van der Waals surface area (Å²) in [7, 11) is 0. The fourth-order valence-corrected chi connectivity index (χ4v) is 2.76. The number of hydrogen-bond acceptors (Lipinski definition) is 6. The molecule has 0 amide bonds. The standard InChI is InChI=1S/C16H24N4O2/c1-10(2)13-8-17-14(21-13)9-20-7-5-6-12(20)15-18-16(11(3)4)22-19-15/h8,10-12H,5-7,9H2,1-4H3/t12-/m1/s1. The van der Waals surface area contributed by atoms with Gasteiger partial charge in [0.1, 0.15) is 5.76 Å². The Labute approximate surface area is 130 Å². The summed E-state index contributed by atoms with van der Waals surface area (Å²) in [5.74, 6) is 3.82. The number of rotatable bonds is 5. The number of nitrogens with zero attached hydrogens (tertiary/aromatic N) is 4. The summed E-state index contributed by atoms with van der Waals surface area (Å²) in [5.41, 5.74) is 0. The normalized spacial score (nSPS) is 19.6. The fourth-order valence-electron chi connectivity index (χ4n) is 2.76. The lowest BCUT2D eigenvalue weighted by atomic mass is 10.2. The number of aromatic nitrogens is 3. The van der Waals surface area contributed by atoms with Gasteiger partial charge in [0.05, 0.1) is 18.8 Å². The predicted molar refractivity (Wildman–Crippen MR) is 81.4 cm³/mol. The van der Waals surface area contributed by atoms with Crippen LogP contribution < -0.4 is 0 Å². The molecular weight excluding hydrogens is 280 g/mol. The van der Waals surface area contributed by atoms with Gasteiger partial charge in [0.25, 0.3) is 0 Å². The summed E-state index contributed by atoms with van der Waals surface area (Å²) in [6.45, 7) is 10.0. The second-order valence-electron chi connectivity index (χ2n) is 6.59. The third-order valence-electron chi connectivity index (χ3n) is 4.09. The molecular formula is C16H24N4O2. The van der Waals surface area contributed by atoms with E-state index in [0.717, 1.165) is 36.9 Å². The molecule has 1 aliphatic rings. The SMILES string of the molecule is CC(C)c1cnc(CN2CCC[C@@H]2c2noc(C(C)C)n2)o1. The van der Waals surface area contributed by atoms with Gasteiger partial charge in [0.2, 0.25) is 11.8 Å². The van der Waals surface area contributed by atoms with Crippen LogP contribution in [0.4, 0.5) is 0 Å². The fraction of sp³-hybridized carbons (Fsp3) is 0.688. The largest absolute Gasteiger partial charge is 0.444 e. The van der Waals surface area contributed by atoms with Crippen LogP contribution in [0.15, 0.2) is 15.1 Å². The Morgan fingerprint density at radius 2 is 2.09 bits per heavy atom. The molecule has 0 saturated carbocycles. The van der Waals surface area contributed by atoms with Crippen molar-refractivity contribution in [2.75, 3.05) is 6.54 Å². The zero-order valence-corrected chi connectivity index (χ0v) is 13.7. The minimum Gasteiger partial charge on any atom is -0.444 e. The minimum absolute atomic E-state index is 0.200. The molecule has 0 N–H and O–H groups in total. The number of oxazole rings is 1. The molecule has 2 aromatic heterocycles. The molecule has 2 aromatic rings. The monoisotopic (exact) mass is 304 g/mol. The molecule has 0 aromatic carbocycles. The Bertz CT molecular complexity index is 617. The highest BCUT2D eigenvalue weighted by Crippen LogP contribution is 2.32. The molecule has 0 spiro atoms. The first-order valence-electron chi connectivity index (χ1n) is 8.06. The highest BCUT2D eigenvalue weighted by molar-refractivity contribution is 5.03. The molecule has 0 unspecified atom stereocenters. The van der Waals surface area contributed by atoms with E-state index in [2.05, 4.69) is 47.7 Å². The summed E-state index contributed by atoms with van der Waals surface area (Å²) in [6.07, 6.45) is 4.01. The second kappa shape index (κ2) is 6.20. The van der Waals surface area contributed by atoms with Gasteiger partial charge < -0.3 is 8.94 Å². The summed E-state index contributed by atoms with van der Waals surface area (Å²) < 4.78 is 11.2. The molecule has 120 valence electrons. The Morgan fingerprint density at radius 1 is 1.27 bits per heavy atom. The van der Waals surface area contributed by atoms with Gasteiger partial charge in [-0.05, 0) is 19.4 Å². The van der Waals surface area contributed by atoms with E-state index in [9.17, 15) is 0 Å². The summed E-state index contributed by atoms with van der Waals surface area (Å²) in [4.78, 5) is 11.3. The van der Waals surface area contributed by atoms with Crippen molar-refractivity contribution in [2.24, 2.45) is 0 Å². The third kappa shape index (κ3) is 3.06. The summed E-state index contributed by atoms with van der Waals surface area (Å²) in [6, 6.07) is 0.200. The van der Waals surface area contributed by atoms with Gasteiger partial charge >= 0.3 is 0 Å². The lowest BCUT2D eigenvalue weighted by Gasteiger charge is -2.19. The molecule has 6 nitrogen and oxygen atoms in total. The Balaban J connectivity index is 1.72. The Morgan fingerprint density at radius 3 is 2.73 bits per heavy atom. The number of likely N-dealkylation sites (tertiary alicyclic amines) is 1. The van der Waals surface area contributed by atoms with Crippen LogP contribution in [0.5, 0.6) is 0 Å². The maximum Gasteiger partial charge on any atom is 0.229 e. The van der Waals surface area contributed by atoms with Crippen LogP contribution >= 0.6 is 0 Å². The first-order valence-corrected chi connectivity index (χ1v) is 8.06.